The van der Waals surface area contributed by atoms with Crippen LogP contribution >= 0.6 is 37.2 Å². The van der Waals surface area contributed by atoms with Crippen molar-refractivity contribution in [3.05, 3.63) is 0 Å². The van der Waals surface area contributed by atoms with Crippen LogP contribution in [0.5, 0.6) is 0 Å². The molecule has 0 atom stereocenters. The van der Waals surface area contributed by atoms with Crippen LogP contribution in [0, 0.1) is 130 Å². The Morgan fingerprint density at radius 1 is 0.667 bits per heavy atom. The molecule has 6 heteroatoms. The number of halogens is 3. The fraction of sp³-hybridized carbons (Fsp3) is 0. The molecule has 0 aliphatic rings. The van der Waals surface area contributed by atoms with E-state index in [-0.39, 0.29) is 167 Å². The summed E-state index contributed by atoms with van der Waals surface area (Å²) >= 11 is 0. The van der Waals surface area contributed by atoms with Crippen LogP contribution in [0.4, 0.5) is 0 Å². The monoisotopic (exact) mass is 571 g/mol. The van der Waals surface area contributed by atoms with Gasteiger partial charge >= 0.3 is 0 Å². The quantitative estimate of drug-likeness (QED) is 0.413. The molecule has 0 heterocycles. The van der Waals surface area contributed by atoms with E-state index in [2.05, 4.69) is 0 Å². The predicted molar refractivity (Wildman–Crippen MR) is 21.7 cm³/mol. The molecule has 0 rings (SSSR count). The Morgan fingerprint density at radius 3 is 0.667 bits per heavy atom. The topological polar surface area (TPSA) is 0 Å². The van der Waals surface area contributed by atoms with E-state index in [0.29, 0.717) is 0 Å². The molecule has 0 N–H and O–H groups in total. The first-order valence-electron chi connectivity index (χ1n) is 0. The molecule has 0 aliphatic heterocycles. The van der Waals surface area contributed by atoms with E-state index in [1.54, 1.807) is 0 Å². The Balaban J connectivity index is 0. The molecule has 0 aromatic heterocycles. The van der Waals surface area contributed by atoms with Gasteiger partial charge in [-0.15, -0.1) is 37.2 Å². The number of hydrogen-bond acceptors (Lipinski definition) is 0. The minimum Gasteiger partial charge on any atom is -0.147 e. The molecule has 1 radical (unpaired) electrons. The van der Waals surface area contributed by atoms with Crippen molar-refractivity contribution in [3.63, 3.8) is 0 Å². The zero-order chi connectivity index (χ0) is 0. The van der Waals surface area contributed by atoms with E-state index in [9.17, 15) is 0 Å². The first-order valence-corrected chi connectivity index (χ1v) is 0. The maximum atomic E-state index is 0. The molecule has 0 aliphatic carbocycles. The van der Waals surface area contributed by atoms with Crippen LogP contribution in [0.3, 0.4) is 0 Å². The number of hydrogen-bond donors (Lipinski definition) is 0. The smallest absolute Gasteiger partial charge is 0 e. The predicted octanol–water partition coefficient (Wildman–Crippen LogP) is 1.27. The second-order valence-electron chi connectivity index (χ2n) is 0. The largest absolute Gasteiger partial charge is 0.147 e. The second kappa shape index (κ2) is 32.1. The van der Waals surface area contributed by atoms with Crippen molar-refractivity contribution >= 4 is 37.2 Å². The van der Waals surface area contributed by atoms with E-state index in [1.165, 1.54) is 0 Å². The van der Waals surface area contributed by atoms with E-state index in [1.807, 2.05) is 0 Å². The summed E-state index contributed by atoms with van der Waals surface area (Å²) in [4.78, 5) is 0. The Kier molecular flexibility index (Phi) is 233. The molecule has 0 nitrogen and oxygen atoms in total. The molecule has 0 saturated heterocycles. The molecule has 6 heavy (non-hydrogen) atoms. The van der Waals surface area contributed by atoms with Crippen LogP contribution in [0.2, 0.25) is 0 Å². The molecule has 0 bridgehead atoms. The summed E-state index contributed by atoms with van der Waals surface area (Å²) in [7, 11) is 0. The van der Waals surface area contributed by atoms with E-state index < -0.39 is 0 Å². The summed E-state index contributed by atoms with van der Waals surface area (Å²) in [6.07, 6.45) is 0. The molecule has 0 amide bonds. The molecule has 0 aromatic rings. The van der Waals surface area contributed by atoms with Gasteiger partial charge in [0.05, 0.1) is 0 Å². The molecule has 0 fully saturated rings. The van der Waals surface area contributed by atoms with Crippen molar-refractivity contribution in [1.82, 2.24) is 0 Å². The first kappa shape index (κ1) is 43.5. The fourth-order valence-electron chi connectivity index (χ4n) is 0. The Morgan fingerprint density at radius 2 is 0.667 bits per heavy atom. The standard InChI is InChI=1S/3ClH.Eu.Gd.Sm/h3*1H;;;. The molecule has 0 unspecified atom stereocenters. The van der Waals surface area contributed by atoms with Gasteiger partial charge in [-0.2, -0.15) is 0 Å². The molecular weight excluding hydrogens is 566 g/mol. The molecule has 0 aromatic carbocycles. The van der Waals surface area contributed by atoms with Crippen LogP contribution < -0.4 is 0 Å². The summed E-state index contributed by atoms with van der Waals surface area (Å²) < 4.78 is 0. The molecule has 0 saturated carbocycles. The minimum absolute atomic E-state index is 0. The number of rotatable bonds is 0. The average Bonchev–Trinajstić information content (AvgIpc) is 0. The van der Waals surface area contributed by atoms with Gasteiger partial charge in [0, 0.05) is 130 Å². The maximum Gasteiger partial charge on any atom is 0 e. The van der Waals surface area contributed by atoms with Gasteiger partial charge < -0.3 is 0 Å². The summed E-state index contributed by atoms with van der Waals surface area (Å²) in [6.45, 7) is 0. The Labute approximate surface area is 162 Å². The van der Waals surface area contributed by atoms with E-state index in [0.717, 1.165) is 0 Å². The summed E-state index contributed by atoms with van der Waals surface area (Å²) in [5, 5.41) is 0. The Bertz CT molecular complexity index is 10.8. The first-order chi connectivity index (χ1) is 0. The van der Waals surface area contributed by atoms with Crippen molar-refractivity contribution in [2.45, 2.75) is 0 Å². The van der Waals surface area contributed by atoms with Crippen LogP contribution in [0.25, 0.3) is 0 Å². The van der Waals surface area contributed by atoms with Crippen molar-refractivity contribution in [2.24, 2.45) is 0 Å². The third-order valence-corrected chi connectivity index (χ3v) is 0. The van der Waals surface area contributed by atoms with Crippen LogP contribution in [-0.4, -0.2) is 0 Å². The normalized spacial score (nSPS) is 0. The Hall–Kier alpha value is 5.12. The van der Waals surface area contributed by atoms with Crippen LogP contribution in [0.15, 0.2) is 0 Å². The van der Waals surface area contributed by atoms with Crippen LogP contribution in [0.1, 0.15) is 0 Å². The minimum atomic E-state index is 0. The van der Waals surface area contributed by atoms with Crippen molar-refractivity contribution in [2.75, 3.05) is 0 Å². The summed E-state index contributed by atoms with van der Waals surface area (Å²) in [5.41, 5.74) is 0. The summed E-state index contributed by atoms with van der Waals surface area (Å²) in [6, 6.07) is 0. The van der Waals surface area contributed by atoms with Crippen molar-refractivity contribution < 1.29 is 130 Å². The third-order valence-electron chi connectivity index (χ3n) is 0. The van der Waals surface area contributed by atoms with Gasteiger partial charge in [-0.1, -0.05) is 0 Å². The van der Waals surface area contributed by atoms with Gasteiger partial charge in [-0.3, -0.25) is 0 Å². The van der Waals surface area contributed by atoms with Crippen molar-refractivity contribution in [1.29, 1.82) is 0 Å². The van der Waals surface area contributed by atoms with E-state index in [4.69, 9.17) is 0 Å². The van der Waals surface area contributed by atoms with Gasteiger partial charge in [0.25, 0.3) is 0 Å². The fourth-order valence-corrected chi connectivity index (χ4v) is 0. The van der Waals surface area contributed by atoms with Crippen LogP contribution in [-0.2, 0) is 0 Å². The van der Waals surface area contributed by atoms with Gasteiger partial charge in [0.15, 0.2) is 0 Å². The zero-order valence-corrected chi connectivity index (χ0v) is 12.1. The maximum absolute atomic E-state index is 0. The zero-order valence-electron chi connectivity index (χ0n) is 2.36. The van der Waals surface area contributed by atoms with Gasteiger partial charge in [-0.05, 0) is 0 Å². The van der Waals surface area contributed by atoms with Gasteiger partial charge in [0.1, 0.15) is 0 Å². The molecule has 45 valence electrons. The SMILES string of the molecule is Cl.Cl.Cl.[Eu].[Gd].[Sm]. The second-order valence-corrected chi connectivity index (χ2v) is 0. The average molecular weight is 569 g/mol. The van der Waals surface area contributed by atoms with E-state index >= 15 is 0 Å². The molecular formula is H3Cl3EuGdSm. The molecule has 0 spiro atoms. The van der Waals surface area contributed by atoms with Gasteiger partial charge in [0.2, 0.25) is 0 Å². The van der Waals surface area contributed by atoms with Gasteiger partial charge in [-0.25, -0.2) is 0 Å². The van der Waals surface area contributed by atoms with Crippen molar-refractivity contribution in [3.8, 4) is 0 Å². The third kappa shape index (κ3) is 22.9. The summed E-state index contributed by atoms with van der Waals surface area (Å²) in [5.74, 6) is 0.